The predicted molar refractivity (Wildman–Crippen MR) is 59.9 cm³/mol. The van der Waals surface area contributed by atoms with E-state index in [-0.39, 0.29) is 0 Å². The Balaban J connectivity index is 1.91. The molecular weight excluding hydrogens is 206 g/mol. The van der Waals surface area contributed by atoms with Crippen LogP contribution < -0.4 is 0 Å². The highest BCUT2D eigenvalue weighted by molar-refractivity contribution is 5.17. The van der Waals surface area contributed by atoms with Gasteiger partial charge in [-0.2, -0.15) is 0 Å². The number of rotatable bonds is 3. The minimum absolute atomic E-state index is 0.422. The molecule has 1 heterocycles. The summed E-state index contributed by atoms with van der Waals surface area (Å²) in [5.41, 5.74) is 0.860. The molecule has 16 heavy (non-hydrogen) atoms. The van der Waals surface area contributed by atoms with Crippen molar-refractivity contribution < 1.29 is 15.3 Å². The molecule has 0 spiro atoms. The Hall–Kier alpha value is -0.940. The second-order valence-corrected chi connectivity index (χ2v) is 4.28. The van der Waals surface area contributed by atoms with Crippen LogP contribution in [0.15, 0.2) is 30.3 Å². The van der Waals surface area contributed by atoms with Crippen LogP contribution in [0.25, 0.3) is 0 Å². The van der Waals surface area contributed by atoms with Crippen LogP contribution in [0.1, 0.15) is 11.7 Å². The van der Waals surface area contributed by atoms with Crippen molar-refractivity contribution in [3.05, 3.63) is 35.9 Å². The molecule has 0 aliphatic carbocycles. The van der Waals surface area contributed by atoms with Gasteiger partial charge in [0, 0.05) is 19.6 Å². The van der Waals surface area contributed by atoms with Crippen LogP contribution in [-0.2, 0) is 0 Å². The average molecular weight is 223 g/mol. The van der Waals surface area contributed by atoms with Gasteiger partial charge < -0.3 is 15.3 Å². The fraction of sp³-hybridized carbons (Fsp3) is 0.500. The molecule has 0 radical (unpaired) electrons. The smallest absolute Gasteiger partial charge is 0.0938 e. The van der Waals surface area contributed by atoms with Crippen molar-refractivity contribution in [1.29, 1.82) is 0 Å². The summed E-state index contributed by atoms with van der Waals surface area (Å²) >= 11 is 0. The van der Waals surface area contributed by atoms with Gasteiger partial charge in [-0.15, -0.1) is 0 Å². The van der Waals surface area contributed by atoms with Crippen LogP contribution in [0, 0.1) is 0 Å². The van der Waals surface area contributed by atoms with E-state index in [9.17, 15) is 15.3 Å². The zero-order valence-electron chi connectivity index (χ0n) is 9.03. The standard InChI is InChI=1S/C12H17NO3/c14-10(9-4-2-1-3-5-9)6-13-7-11(15)12(16)8-13/h1-5,10-12,14-16H,6-8H2/t10?,11-,12+. The summed E-state index contributed by atoms with van der Waals surface area (Å²) in [7, 11) is 0. The zero-order valence-corrected chi connectivity index (χ0v) is 9.03. The van der Waals surface area contributed by atoms with Crippen LogP contribution in [0.5, 0.6) is 0 Å². The highest BCUT2D eigenvalue weighted by atomic mass is 16.3. The third kappa shape index (κ3) is 2.59. The van der Waals surface area contributed by atoms with Gasteiger partial charge in [-0.1, -0.05) is 30.3 Å². The average Bonchev–Trinajstić information content (AvgIpc) is 2.59. The lowest BCUT2D eigenvalue weighted by Gasteiger charge is -2.19. The number of hydrogen-bond donors (Lipinski definition) is 3. The molecule has 1 unspecified atom stereocenters. The largest absolute Gasteiger partial charge is 0.389 e. The van der Waals surface area contributed by atoms with Gasteiger partial charge in [-0.3, -0.25) is 4.90 Å². The van der Waals surface area contributed by atoms with E-state index in [1.165, 1.54) is 0 Å². The van der Waals surface area contributed by atoms with Crippen molar-refractivity contribution in [1.82, 2.24) is 4.90 Å². The van der Waals surface area contributed by atoms with E-state index >= 15 is 0 Å². The second kappa shape index (κ2) is 4.93. The normalized spacial score (nSPS) is 28.2. The second-order valence-electron chi connectivity index (χ2n) is 4.28. The Morgan fingerprint density at radius 2 is 1.69 bits per heavy atom. The lowest BCUT2D eigenvalue weighted by atomic mass is 10.1. The maximum atomic E-state index is 9.95. The zero-order chi connectivity index (χ0) is 11.5. The number of likely N-dealkylation sites (tertiary alicyclic amines) is 1. The summed E-state index contributed by atoms with van der Waals surface area (Å²) < 4.78 is 0. The summed E-state index contributed by atoms with van der Waals surface area (Å²) in [4.78, 5) is 1.87. The third-order valence-electron chi connectivity index (χ3n) is 2.95. The summed E-state index contributed by atoms with van der Waals surface area (Å²) in [6.45, 7) is 1.29. The first-order valence-electron chi connectivity index (χ1n) is 5.48. The van der Waals surface area contributed by atoms with Gasteiger partial charge in [0.05, 0.1) is 18.3 Å². The summed E-state index contributed by atoms with van der Waals surface area (Å²) in [6, 6.07) is 9.40. The Morgan fingerprint density at radius 1 is 1.12 bits per heavy atom. The summed E-state index contributed by atoms with van der Waals surface area (Å²) in [5, 5.41) is 28.7. The van der Waals surface area contributed by atoms with Gasteiger partial charge in [0.2, 0.25) is 0 Å². The lowest BCUT2D eigenvalue weighted by molar-refractivity contribution is 0.0572. The maximum Gasteiger partial charge on any atom is 0.0938 e. The van der Waals surface area contributed by atoms with Crippen LogP contribution in [-0.4, -0.2) is 52.1 Å². The molecule has 1 aliphatic rings. The number of β-amino-alcohol motifs (C(OH)–C–C–N with tert-alkyl or cyclic N) is 3. The molecule has 1 saturated heterocycles. The lowest BCUT2D eigenvalue weighted by Crippen LogP contribution is -2.27. The number of hydrogen-bond acceptors (Lipinski definition) is 4. The fourth-order valence-corrected chi connectivity index (χ4v) is 2.02. The van der Waals surface area contributed by atoms with Crippen LogP contribution >= 0.6 is 0 Å². The molecule has 1 aromatic rings. The molecular formula is C12H17NO3. The van der Waals surface area contributed by atoms with Crippen molar-refractivity contribution in [2.75, 3.05) is 19.6 Å². The monoisotopic (exact) mass is 223 g/mol. The van der Waals surface area contributed by atoms with E-state index in [0.717, 1.165) is 5.56 Å². The van der Waals surface area contributed by atoms with Crippen molar-refractivity contribution in [3.63, 3.8) is 0 Å². The number of nitrogens with zero attached hydrogens (tertiary/aromatic N) is 1. The van der Waals surface area contributed by atoms with Crippen molar-refractivity contribution >= 4 is 0 Å². The fourth-order valence-electron chi connectivity index (χ4n) is 2.02. The van der Waals surface area contributed by atoms with Crippen molar-refractivity contribution in [3.8, 4) is 0 Å². The summed E-state index contributed by atoms with van der Waals surface area (Å²) in [5.74, 6) is 0. The van der Waals surface area contributed by atoms with E-state index in [1.54, 1.807) is 0 Å². The third-order valence-corrected chi connectivity index (χ3v) is 2.95. The number of aliphatic hydroxyl groups is 3. The SMILES string of the molecule is OC(CN1C[C@@H](O)[C@@H](O)C1)c1ccccc1. The minimum atomic E-state index is -0.692. The number of benzene rings is 1. The maximum absolute atomic E-state index is 9.95. The molecule has 4 nitrogen and oxygen atoms in total. The molecule has 4 heteroatoms. The molecule has 88 valence electrons. The predicted octanol–water partition coefficient (Wildman–Crippen LogP) is -0.243. The van der Waals surface area contributed by atoms with Crippen LogP contribution in [0.2, 0.25) is 0 Å². The van der Waals surface area contributed by atoms with Crippen LogP contribution in [0.4, 0.5) is 0 Å². The molecule has 1 aromatic carbocycles. The Labute approximate surface area is 94.8 Å². The van der Waals surface area contributed by atoms with E-state index in [4.69, 9.17) is 0 Å². The van der Waals surface area contributed by atoms with E-state index in [2.05, 4.69) is 0 Å². The minimum Gasteiger partial charge on any atom is -0.389 e. The van der Waals surface area contributed by atoms with E-state index < -0.39 is 18.3 Å². The van der Waals surface area contributed by atoms with Crippen molar-refractivity contribution in [2.45, 2.75) is 18.3 Å². The van der Waals surface area contributed by atoms with E-state index in [0.29, 0.717) is 19.6 Å². The Kier molecular flexibility index (Phi) is 3.56. The molecule has 0 bridgehead atoms. The highest BCUT2D eigenvalue weighted by Gasteiger charge is 2.30. The van der Waals surface area contributed by atoms with Gasteiger partial charge >= 0.3 is 0 Å². The molecule has 0 saturated carbocycles. The summed E-state index contributed by atoms with van der Waals surface area (Å²) in [6.07, 6.45) is -1.95. The molecule has 2 rings (SSSR count). The molecule has 1 aliphatic heterocycles. The first kappa shape index (κ1) is 11.5. The molecule has 0 aromatic heterocycles. The van der Waals surface area contributed by atoms with E-state index in [1.807, 2.05) is 35.2 Å². The molecule has 3 atom stereocenters. The molecule has 0 amide bonds. The molecule has 1 fully saturated rings. The first-order valence-corrected chi connectivity index (χ1v) is 5.48. The Bertz CT molecular complexity index is 320. The van der Waals surface area contributed by atoms with Gasteiger partial charge in [-0.25, -0.2) is 0 Å². The highest BCUT2D eigenvalue weighted by Crippen LogP contribution is 2.17. The van der Waals surface area contributed by atoms with Gasteiger partial charge in [-0.05, 0) is 5.56 Å². The Morgan fingerprint density at radius 3 is 2.25 bits per heavy atom. The van der Waals surface area contributed by atoms with Gasteiger partial charge in [0.1, 0.15) is 0 Å². The van der Waals surface area contributed by atoms with Gasteiger partial charge in [0.15, 0.2) is 0 Å². The first-order chi connectivity index (χ1) is 7.66. The molecule has 3 N–H and O–H groups in total. The topological polar surface area (TPSA) is 63.9 Å². The number of aliphatic hydroxyl groups excluding tert-OH is 3. The van der Waals surface area contributed by atoms with Gasteiger partial charge in [0.25, 0.3) is 0 Å². The van der Waals surface area contributed by atoms with Crippen LogP contribution in [0.3, 0.4) is 0 Å². The quantitative estimate of drug-likeness (QED) is 0.661. The van der Waals surface area contributed by atoms with Crippen molar-refractivity contribution in [2.24, 2.45) is 0 Å².